The smallest absolute Gasteiger partial charge is 0.227 e. The third kappa shape index (κ3) is 4.22. The molecular weight excluding hydrogens is 260 g/mol. The van der Waals surface area contributed by atoms with Gasteiger partial charge in [-0.1, -0.05) is 23.7 Å². The van der Waals surface area contributed by atoms with E-state index in [1.807, 2.05) is 38.4 Å². The van der Waals surface area contributed by atoms with Gasteiger partial charge in [-0.2, -0.15) is 0 Å². The second-order valence-corrected chi connectivity index (χ2v) is 5.90. The minimum Gasteiger partial charge on any atom is -0.354 e. The molecule has 104 valence electrons. The molecule has 0 radical (unpaired) electrons. The van der Waals surface area contributed by atoms with E-state index in [4.69, 9.17) is 11.6 Å². The zero-order valence-corrected chi connectivity index (χ0v) is 12.3. The normalized spacial score (nSPS) is 16.4. The minimum atomic E-state index is -0.0144. The number of carbonyl (C=O) groups excluding carboxylic acids is 1. The number of benzene rings is 1. The Hall–Kier alpha value is -1.06. The molecule has 1 N–H and O–H groups in total. The van der Waals surface area contributed by atoms with Crippen molar-refractivity contribution in [2.24, 2.45) is 5.92 Å². The molecule has 1 saturated carbocycles. The molecule has 0 saturated heterocycles. The van der Waals surface area contributed by atoms with Crippen molar-refractivity contribution < 1.29 is 4.79 Å². The summed E-state index contributed by atoms with van der Waals surface area (Å²) in [4.78, 5) is 14.4. The van der Waals surface area contributed by atoms with Crippen molar-refractivity contribution in [3.63, 3.8) is 0 Å². The van der Waals surface area contributed by atoms with Crippen molar-refractivity contribution in [3.8, 4) is 0 Å². The lowest BCUT2D eigenvalue weighted by Crippen LogP contribution is -2.35. The maximum Gasteiger partial charge on any atom is 0.227 e. The fraction of sp³-hybridized carbons (Fsp3) is 0.533. The summed E-state index contributed by atoms with van der Waals surface area (Å²) in [5.41, 5.74) is 1.08. The molecule has 1 amide bonds. The van der Waals surface area contributed by atoms with Crippen molar-refractivity contribution in [2.75, 3.05) is 27.2 Å². The van der Waals surface area contributed by atoms with Crippen LogP contribution in [0.5, 0.6) is 0 Å². The molecule has 1 aromatic carbocycles. The molecular formula is C15H21ClN2O. The lowest BCUT2D eigenvalue weighted by atomic mass is 9.93. The van der Waals surface area contributed by atoms with Gasteiger partial charge in [-0.15, -0.1) is 0 Å². The van der Waals surface area contributed by atoms with Gasteiger partial charge in [-0.25, -0.2) is 0 Å². The first-order valence-electron chi connectivity index (χ1n) is 6.76. The van der Waals surface area contributed by atoms with E-state index in [9.17, 15) is 4.79 Å². The molecule has 0 aromatic heterocycles. The molecule has 0 bridgehead atoms. The number of nitrogens with one attached hydrogen (secondary N) is 1. The van der Waals surface area contributed by atoms with Gasteiger partial charge < -0.3 is 10.2 Å². The molecule has 4 heteroatoms. The monoisotopic (exact) mass is 280 g/mol. The Morgan fingerprint density at radius 1 is 1.37 bits per heavy atom. The van der Waals surface area contributed by atoms with Gasteiger partial charge in [-0.3, -0.25) is 4.79 Å². The van der Waals surface area contributed by atoms with E-state index >= 15 is 0 Å². The van der Waals surface area contributed by atoms with Crippen molar-refractivity contribution in [3.05, 3.63) is 34.9 Å². The standard InChI is InChI=1S/C15H21ClN2O/c1-18(2)10-9-17-15(19)14(11-3-4-11)12-5-7-13(16)8-6-12/h5-8,11,14H,3-4,9-10H2,1-2H3,(H,17,19). The maximum atomic E-state index is 12.3. The third-order valence-corrected chi connectivity index (χ3v) is 3.72. The summed E-state index contributed by atoms with van der Waals surface area (Å²) in [6.45, 7) is 1.56. The summed E-state index contributed by atoms with van der Waals surface area (Å²) in [5.74, 6) is 0.631. The predicted octanol–water partition coefficient (Wildman–Crippen LogP) is 2.51. The number of carbonyl (C=O) groups is 1. The van der Waals surface area contributed by atoms with Crippen LogP contribution < -0.4 is 5.32 Å². The first-order chi connectivity index (χ1) is 9.08. The van der Waals surface area contributed by atoms with Crippen molar-refractivity contribution in [1.29, 1.82) is 0 Å². The Labute approximate surface area is 119 Å². The number of hydrogen-bond acceptors (Lipinski definition) is 2. The van der Waals surface area contributed by atoms with E-state index in [0.717, 1.165) is 24.9 Å². The van der Waals surface area contributed by atoms with Gasteiger partial charge in [0.05, 0.1) is 5.92 Å². The first kappa shape index (κ1) is 14.4. The zero-order valence-electron chi connectivity index (χ0n) is 11.5. The average Bonchev–Trinajstić information content (AvgIpc) is 3.16. The molecule has 1 unspecified atom stereocenters. The van der Waals surface area contributed by atoms with E-state index in [2.05, 4.69) is 10.2 Å². The fourth-order valence-electron chi connectivity index (χ4n) is 2.25. The molecule has 3 nitrogen and oxygen atoms in total. The highest BCUT2D eigenvalue weighted by atomic mass is 35.5. The van der Waals surface area contributed by atoms with Crippen LogP contribution in [0.3, 0.4) is 0 Å². The summed E-state index contributed by atoms with van der Waals surface area (Å²) in [5, 5.41) is 3.75. The molecule has 0 aliphatic heterocycles. The molecule has 2 rings (SSSR count). The van der Waals surface area contributed by atoms with Gasteiger partial charge >= 0.3 is 0 Å². The highest BCUT2D eigenvalue weighted by Crippen LogP contribution is 2.42. The van der Waals surface area contributed by atoms with Crippen LogP contribution in [0.2, 0.25) is 5.02 Å². The molecule has 1 atom stereocenters. The summed E-state index contributed by atoms with van der Waals surface area (Å²) in [6, 6.07) is 7.66. The number of halogens is 1. The van der Waals surface area contributed by atoms with Crippen molar-refractivity contribution in [2.45, 2.75) is 18.8 Å². The molecule has 1 aromatic rings. The van der Waals surface area contributed by atoms with E-state index in [1.165, 1.54) is 0 Å². The number of rotatable bonds is 6. The van der Waals surface area contributed by atoms with Crippen LogP contribution >= 0.6 is 11.6 Å². The lowest BCUT2D eigenvalue weighted by Gasteiger charge is -2.18. The minimum absolute atomic E-state index is 0.0144. The highest BCUT2D eigenvalue weighted by molar-refractivity contribution is 6.30. The zero-order chi connectivity index (χ0) is 13.8. The van der Waals surface area contributed by atoms with Gasteiger partial charge in [0.25, 0.3) is 0 Å². The Morgan fingerprint density at radius 2 is 2.00 bits per heavy atom. The van der Waals surface area contributed by atoms with Crippen LogP contribution in [-0.2, 0) is 4.79 Å². The van der Waals surface area contributed by atoms with Crippen LogP contribution in [0.4, 0.5) is 0 Å². The average molecular weight is 281 g/mol. The second-order valence-electron chi connectivity index (χ2n) is 5.46. The maximum absolute atomic E-state index is 12.3. The van der Waals surface area contributed by atoms with Gasteiger partial charge in [0, 0.05) is 18.1 Å². The van der Waals surface area contributed by atoms with Gasteiger partial charge in [0.2, 0.25) is 5.91 Å². The number of amides is 1. The Kier molecular flexibility index (Phi) is 4.83. The Morgan fingerprint density at radius 3 is 2.53 bits per heavy atom. The van der Waals surface area contributed by atoms with Crippen molar-refractivity contribution >= 4 is 17.5 Å². The largest absolute Gasteiger partial charge is 0.354 e. The number of hydrogen-bond donors (Lipinski definition) is 1. The number of likely N-dealkylation sites (N-methyl/N-ethyl adjacent to an activating group) is 1. The highest BCUT2D eigenvalue weighted by Gasteiger charge is 2.36. The van der Waals surface area contributed by atoms with E-state index in [1.54, 1.807) is 0 Å². The Balaban J connectivity index is 1.99. The fourth-order valence-corrected chi connectivity index (χ4v) is 2.38. The molecule has 19 heavy (non-hydrogen) atoms. The van der Waals surface area contributed by atoms with Crippen LogP contribution in [0.25, 0.3) is 0 Å². The first-order valence-corrected chi connectivity index (χ1v) is 7.13. The van der Waals surface area contributed by atoms with E-state index < -0.39 is 0 Å². The molecule has 1 fully saturated rings. The SMILES string of the molecule is CN(C)CCNC(=O)C(c1ccc(Cl)cc1)C1CC1. The van der Waals surface area contributed by atoms with Crippen LogP contribution in [0.1, 0.15) is 24.3 Å². The van der Waals surface area contributed by atoms with Gasteiger partial charge in [0.15, 0.2) is 0 Å². The number of nitrogens with zero attached hydrogens (tertiary/aromatic N) is 1. The van der Waals surface area contributed by atoms with Crippen molar-refractivity contribution in [1.82, 2.24) is 10.2 Å². The molecule has 0 spiro atoms. The van der Waals surface area contributed by atoms with Gasteiger partial charge in [-0.05, 0) is 50.6 Å². The third-order valence-electron chi connectivity index (χ3n) is 3.46. The van der Waals surface area contributed by atoms with Crippen LogP contribution in [0, 0.1) is 5.92 Å². The van der Waals surface area contributed by atoms with Crippen LogP contribution in [-0.4, -0.2) is 38.0 Å². The summed E-state index contributed by atoms with van der Waals surface area (Å²) in [7, 11) is 4.01. The summed E-state index contributed by atoms with van der Waals surface area (Å²) in [6.07, 6.45) is 2.29. The van der Waals surface area contributed by atoms with E-state index in [-0.39, 0.29) is 11.8 Å². The van der Waals surface area contributed by atoms with E-state index in [0.29, 0.717) is 17.5 Å². The summed E-state index contributed by atoms with van der Waals surface area (Å²) < 4.78 is 0. The molecule has 0 heterocycles. The topological polar surface area (TPSA) is 32.3 Å². The molecule has 1 aliphatic carbocycles. The predicted molar refractivity (Wildman–Crippen MR) is 78.5 cm³/mol. The second kappa shape index (κ2) is 6.40. The molecule has 1 aliphatic rings. The Bertz CT molecular complexity index is 426. The van der Waals surface area contributed by atoms with Gasteiger partial charge in [0.1, 0.15) is 0 Å². The van der Waals surface area contributed by atoms with Crippen LogP contribution in [0.15, 0.2) is 24.3 Å². The lowest BCUT2D eigenvalue weighted by molar-refractivity contribution is -0.123. The summed E-state index contributed by atoms with van der Waals surface area (Å²) >= 11 is 5.90. The quantitative estimate of drug-likeness (QED) is 0.868.